The van der Waals surface area contributed by atoms with Gasteiger partial charge in [0.15, 0.2) is 5.69 Å². The van der Waals surface area contributed by atoms with Crippen molar-refractivity contribution in [1.82, 2.24) is 20.0 Å². The van der Waals surface area contributed by atoms with E-state index in [1.54, 1.807) is 36.1 Å². The fourth-order valence-electron chi connectivity index (χ4n) is 6.04. The van der Waals surface area contributed by atoms with Crippen molar-refractivity contribution in [3.8, 4) is 11.1 Å². The minimum atomic E-state index is -4.68. The minimum Gasteiger partial charge on any atom is -0.463 e. The van der Waals surface area contributed by atoms with E-state index in [9.17, 15) is 22.4 Å². The zero-order valence-corrected chi connectivity index (χ0v) is 23.3. The zero-order valence-electron chi connectivity index (χ0n) is 23.3. The summed E-state index contributed by atoms with van der Waals surface area (Å²) in [7, 11) is 0. The number of hydrogen-bond donors (Lipinski definition) is 2. The van der Waals surface area contributed by atoms with Crippen LogP contribution in [-0.2, 0) is 17.5 Å². The van der Waals surface area contributed by atoms with Gasteiger partial charge in [-0.25, -0.2) is 4.39 Å². The average molecular weight is 584 g/mol. The number of halogens is 4. The number of rotatable bonds is 8. The van der Waals surface area contributed by atoms with Crippen LogP contribution in [0, 0.1) is 24.1 Å². The van der Waals surface area contributed by atoms with Crippen LogP contribution < -0.4 is 5.32 Å². The number of nitrogens with one attached hydrogen (secondary N) is 2. The quantitative estimate of drug-likeness (QED) is 0.287. The van der Waals surface area contributed by atoms with Gasteiger partial charge in [0, 0.05) is 23.9 Å². The number of aromatic nitrogens is 2. The summed E-state index contributed by atoms with van der Waals surface area (Å²) in [5.41, 5.74) is 1.24. The third kappa shape index (κ3) is 5.87. The number of benzene rings is 2. The van der Waals surface area contributed by atoms with E-state index in [1.165, 1.54) is 23.0 Å². The Labute approximate surface area is 241 Å². The van der Waals surface area contributed by atoms with E-state index >= 15 is 0 Å². The van der Waals surface area contributed by atoms with Gasteiger partial charge < -0.3 is 15.0 Å². The number of nitrogens with zero attached hydrogens (tertiary/aromatic N) is 3. The van der Waals surface area contributed by atoms with Gasteiger partial charge in [-0.2, -0.15) is 18.3 Å². The Morgan fingerprint density at radius 1 is 1.14 bits per heavy atom. The SMILES string of the molecule is Cc1cc(C(NC(=O)c2cc(CN3CCOC3=N)cc(-c3cn(C4CCCC4)nc3C(F)(F)F)c2)C2CC2)ccc1F. The topological polar surface area (TPSA) is 83.2 Å². The molecule has 6 rings (SSSR count). The van der Waals surface area contributed by atoms with E-state index in [0.29, 0.717) is 24.3 Å². The monoisotopic (exact) mass is 583 g/mol. The molecule has 42 heavy (non-hydrogen) atoms. The maximum absolute atomic E-state index is 14.3. The van der Waals surface area contributed by atoms with Crippen LogP contribution in [0.15, 0.2) is 42.6 Å². The summed E-state index contributed by atoms with van der Waals surface area (Å²) in [5.74, 6) is -0.557. The first kappa shape index (κ1) is 28.2. The van der Waals surface area contributed by atoms with Crippen LogP contribution in [0.25, 0.3) is 11.1 Å². The molecule has 1 saturated heterocycles. The molecule has 1 aromatic heterocycles. The van der Waals surface area contributed by atoms with E-state index in [1.807, 2.05) is 0 Å². The lowest BCUT2D eigenvalue weighted by molar-refractivity contribution is -0.141. The normalized spacial score (nSPS) is 18.4. The number of alkyl halides is 3. The molecule has 3 aromatic rings. The summed E-state index contributed by atoms with van der Waals surface area (Å²) < 4.78 is 63.4. The Balaban J connectivity index is 1.38. The van der Waals surface area contributed by atoms with Crippen LogP contribution in [0.3, 0.4) is 0 Å². The maximum atomic E-state index is 14.3. The molecule has 0 spiro atoms. The second kappa shape index (κ2) is 11.1. The molecular formula is C31H33F4N5O2. The molecule has 1 atom stereocenters. The summed E-state index contributed by atoms with van der Waals surface area (Å²) in [6, 6.07) is 9.09. The van der Waals surface area contributed by atoms with Gasteiger partial charge in [-0.15, -0.1) is 0 Å². The smallest absolute Gasteiger partial charge is 0.435 e. The van der Waals surface area contributed by atoms with Crippen molar-refractivity contribution in [3.05, 3.63) is 76.4 Å². The molecular weight excluding hydrogens is 550 g/mol. The molecule has 2 heterocycles. The molecule has 3 fully saturated rings. The van der Waals surface area contributed by atoms with Crippen LogP contribution in [0.2, 0.25) is 0 Å². The Kier molecular flexibility index (Phi) is 7.44. The highest BCUT2D eigenvalue weighted by Crippen LogP contribution is 2.42. The van der Waals surface area contributed by atoms with Crippen molar-refractivity contribution in [2.75, 3.05) is 13.2 Å². The van der Waals surface area contributed by atoms with Crippen LogP contribution in [0.1, 0.15) is 83.4 Å². The van der Waals surface area contributed by atoms with E-state index < -0.39 is 17.8 Å². The van der Waals surface area contributed by atoms with Crippen molar-refractivity contribution in [3.63, 3.8) is 0 Å². The van der Waals surface area contributed by atoms with Gasteiger partial charge in [0.1, 0.15) is 12.4 Å². The average Bonchev–Trinajstić information content (AvgIpc) is 3.29. The van der Waals surface area contributed by atoms with Gasteiger partial charge in [-0.1, -0.05) is 25.0 Å². The molecule has 222 valence electrons. The third-order valence-corrected chi connectivity index (χ3v) is 8.45. The van der Waals surface area contributed by atoms with Gasteiger partial charge in [0.2, 0.25) is 0 Å². The van der Waals surface area contributed by atoms with Crippen LogP contribution in [0.4, 0.5) is 17.6 Å². The highest BCUT2D eigenvalue weighted by atomic mass is 19.4. The summed E-state index contributed by atoms with van der Waals surface area (Å²) in [6.07, 6.45) is 2.04. The molecule has 2 saturated carbocycles. The van der Waals surface area contributed by atoms with E-state index in [-0.39, 0.29) is 53.1 Å². The molecule has 2 aromatic carbocycles. The number of aryl methyl sites for hydroxylation is 1. The van der Waals surface area contributed by atoms with Gasteiger partial charge in [0.05, 0.1) is 18.6 Å². The van der Waals surface area contributed by atoms with E-state index in [2.05, 4.69) is 10.4 Å². The summed E-state index contributed by atoms with van der Waals surface area (Å²) >= 11 is 0. The van der Waals surface area contributed by atoms with Gasteiger partial charge in [-0.05, 0) is 85.0 Å². The maximum Gasteiger partial charge on any atom is 0.435 e. The number of amidine groups is 1. The Morgan fingerprint density at radius 3 is 2.55 bits per heavy atom. The van der Waals surface area contributed by atoms with Gasteiger partial charge in [0.25, 0.3) is 11.9 Å². The number of ether oxygens (including phenoxy) is 1. The van der Waals surface area contributed by atoms with Crippen LogP contribution >= 0.6 is 0 Å². The summed E-state index contributed by atoms with van der Waals surface area (Å²) in [5, 5.41) is 15.1. The van der Waals surface area contributed by atoms with Crippen molar-refractivity contribution < 1.29 is 27.1 Å². The lowest BCUT2D eigenvalue weighted by Crippen LogP contribution is -2.30. The van der Waals surface area contributed by atoms with Crippen molar-refractivity contribution in [2.45, 2.75) is 70.3 Å². The molecule has 1 amide bonds. The molecule has 0 radical (unpaired) electrons. The highest BCUT2D eigenvalue weighted by molar-refractivity contribution is 5.96. The van der Waals surface area contributed by atoms with Gasteiger partial charge in [-0.3, -0.25) is 14.9 Å². The number of hydrogen-bond acceptors (Lipinski definition) is 4. The van der Waals surface area contributed by atoms with Crippen LogP contribution in [0.5, 0.6) is 0 Å². The van der Waals surface area contributed by atoms with E-state index in [0.717, 1.165) is 44.1 Å². The zero-order chi connectivity index (χ0) is 29.6. The Hall–Kier alpha value is -3.89. The first-order chi connectivity index (χ1) is 20.1. The minimum absolute atomic E-state index is 0.0167. The molecule has 2 aliphatic carbocycles. The second-order valence-corrected chi connectivity index (χ2v) is 11.6. The third-order valence-electron chi connectivity index (χ3n) is 8.45. The molecule has 1 aliphatic heterocycles. The Morgan fingerprint density at radius 2 is 1.90 bits per heavy atom. The van der Waals surface area contributed by atoms with Crippen molar-refractivity contribution in [1.29, 1.82) is 5.41 Å². The lowest BCUT2D eigenvalue weighted by atomic mass is 9.97. The summed E-state index contributed by atoms with van der Waals surface area (Å²) in [4.78, 5) is 15.4. The fourth-order valence-corrected chi connectivity index (χ4v) is 6.04. The molecule has 3 aliphatic rings. The molecule has 2 N–H and O–H groups in total. The first-order valence-corrected chi connectivity index (χ1v) is 14.4. The highest BCUT2D eigenvalue weighted by Gasteiger charge is 2.39. The molecule has 0 bridgehead atoms. The summed E-state index contributed by atoms with van der Waals surface area (Å²) in [6.45, 7) is 2.68. The predicted octanol–water partition coefficient (Wildman–Crippen LogP) is 6.78. The molecule has 11 heteroatoms. The number of carbonyl (C=O) groups is 1. The van der Waals surface area contributed by atoms with Crippen LogP contribution in [-0.4, -0.2) is 39.8 Å². The van der Waals surface area contributed by atoms with Gasteiger partial charge >= 0.3 is 6.18 Å². The number of carbonyl (C=O) groups excluding carboxylic acids is 1. The standard InChI is InChI=1S/C31H33F4N5O2/c1-18-12-21(8-9-26(18)32)27(20-6-7-20)37-29(41)23-14-19(16-39-10-11-42-30(39)36)13-22(15-23)25-17-40(24-4-2-3-5-24)38-28(25)31(33,34)35/h8-9,12-15,17,20,24,27,36H,2-7,10-11,16H2,1H3,(H,37,41). The molecule has 7 nitrogen and oxygen atoms in total. The first-order valence-electron chi connectivity index (χ1n) is 14.4. The number of amides is 1. The van der Waals surface area contributed by atoms with Crippen molar-refractivity contribution in [2.24, 2.45) is 5.92 Å². The van der Waals surface area contributed by atoms with Crippen molar-refractivity contribution >= 4 is 11.9 Å². The molecule has 1 unspecified atom stereocenters. The predicted molar refractivity (Wildman–Crippen MR) is 148 cm³/mol. The lowest BCUT2D eigenvalue weighted by Gasteiger charge is -2.21. The second-order valence-electron chi connectivity index (χ2n) is 11.6. The Bertz CT molecular complexity index is 1510. The largest absolute Gasteiger partial charge is 0.463 e. The van der Waals surface area contributed by atoms with E-state index in [4.69, 9.17) is 10.1 Å². The fraction of sp³-hybridized carbons (Fsp3) is 0.452.